The first-order chi connectivity index (χ1) is 8.44. The number of benzene rings is 1. The quantitative estimate of drug-likeness (QED) is 0.733. The molecule has 4 unspecified atom stereocenters. The van der Waals surface area contributed by atoms with Crippen molar-refractivity contribution < 1.29 is 14.9 Å². The first-order valence-corrected chi connectivity index (χ1v) is 6.24. The second kappa shape index (κ2) is 4.88. The summed E-state index contributed by atoms with van der Waals surface area (Å²) in [5, 5.41) is 20.0. The smallest absolute Gasteiger partial charge is 0.118 e. The van der Waals surface area contributed by atoms with Crippen molar-refractivity contribution >= 4 is 0 Å². The minimum absolute atomic E-state index is 0.0642. The van der Waals surface area contributed by atoms with Gasteiger partial charge >= 0.3 is 0 Å². The van der Waals surface area contributed by atoms with Crippen LogP contribution in [0.2, 0.25) is 0 Å². The van der Waals surface area contributed by atoms with Gasteiger partial charge in [-0.1, -0.05) is 12.1 Å². The lowest BCUT2D eigenvalue weighted by Gasteiger charge is -2.42. The largest absolute Gasteiger partial charge is 0.497 e. The van der Waals surface area contributed by atoms with Crippen molar-refractivity contribution in [3.05, 3.63) is 29.8 Å². The third-order valence-electron chi connectivity index (χ3n) is 3.91. The number of methoxy groups -OCH3 is 1. The molecule has 1 fully saturated rings. The predicted molar refractivity (Wildman–Crippen MR) is 69.6 cm³/mol. The summed E-state index contributed by atoms with van der Waals surface area (Å²) in [4.78, 5) is 0. The lowest BCUT2D eigenvalue weighted by molar-refractivity contribution is -0.0962. The molecule has 1 aliphatic carbocycles. The molecular formula is C14H21NO3. The number of ether oxygens (including phenoxy) is 1. The van der Waals surface area contributed by atoms with Gasteiger partial charge in [-0.15, -0.1) is 0 Å². The van der Waals surface area contributed by atoms with Crippen LogP contribution in [0.5, 0.6) is 5.75 Å². The highest BCUT2D eigenvalue weighted by Gasteiger charge is 2.42. The summed E-state index contributed by atoms with van der Waals surface area (Å²) in [6.07, 6.45) is 0.146. The molecule has 18 heavy (non-hydrogen) atoms. The molecule has 1 aromatic carbocycles. The maximum absolute atomic E-state index is 10.2. The zero-order chi connectivity index (χ0) is 13.3. The molecule has 0 bridgehead atoms. The molecule has 0 radical (unpaired) electrons. The van der Waals surface area contributed by atoms with Gasteiger partial charge in [0.2, 0.25) is 0 Å². The molecular weight excluding hydrogens is 230 g/mol. The summed E-state index contributed by atoms with van der Waals surface area (Å²) < 4.78 is 5.12. The minimum Gasteiger partial charge on any atom is -0.497 e. The van der Waals surface area contributed by atoms with Gasteiger partial charge in [-0.25, -0.2) is 0 Å². The first kappa shape index (κ1) is 13.3. The number of hydrogen-bond acceptors (Lipinski definition) is 4. The third kappa shape index (κ3) is 2.51. The third-order valence-corrected chi connectivity index (χ3v) is 3.91. The summed E-state index contributed by atoms with van der Waals surface area (Å²) in [5.41, 5.74) is 6.10. The summed E-state index contributed by atoms with van der Waals surface area (Å²) in [6.45, 7) is 1.67. The lowest BCUT2D eigenvalue weighted by atomic mass is 9.72. The van der Waals surface area contributed by atoms with E-state index in [4.69, 9.17) is 10.5 Å². The topological polar surface area (TPSA) is 75.7 Å². The Balaban J connectivity index is 2.20. The van der Waals surface area contributed by atoms with Crippen LogP contribution >= 0.6 is 0 Å². The molecule has 2 rings (SSSR count). The van der Waals surface area contributed by atoms with Crippen molar-refractivity contribution in [1.82, 2.24) is 0 Å². The normalized spacial score (nSPS) is 36.4. The fourth-order valence-corrected chi connectivity index (χ4v) is 2.62. The maximum atomic E-state index is 10.2. The van der Waals surface area contributed by atoms with Crippen LogP contribution in [0.25, 0.3) is 0 Å². The molecule has 1 aliphatic rings. The zero-order valence-electron chi connectivity index (χ0n) is 10.8. The average Bonchev–Trinajstić information content (AvgIpc) is 2.34. The van der Waals surface area contributed by atoms with E-state index in [1.165, 1.54) is 0 Å². The van der Waals surface area contributed by atoms with Crippen molar-refractivity contribution in [1.29, 1.82) is 0 Å². The van der Waals surface area contributed by atoms with Crippen molar-refractivity contribution in [2.24, 2.45) is 5.73 Å². The molecule has 0 aliphatic heterocycles. The Bertz CT molecular complexity index is 402. The van der Waals surface area contributed by atoms with Gasteiger partial charge < -0.3 is 20.7 Å². The van der Waals surface area contributed by atoms with E-state index >= 15 is 0 Å². The second-order valence-corrected chi connectivity index (χ2v) is 5.36. The van der Waals surface area contributed by atoms with Crippen molar-refractivity contribution in [2.75, 3.05) is 7.11 Å². The number of aliphatic hydroxyl groups excluding tert-OH is 1. The van der Waals surface area contributed by atoms with Crippen molar-refractivity contribution in [3.63, 3.8) is 0 Å². The minimum atomic E-state index is -1.07. The van der Waals surface area contributed by atoms with Crippen molar-refractivity contribution in [2.45, 2.75) is 43.4 Å². The van der Waals surface area contributed by atoms with Gasteiger partial charge in [-0.05, 0) is 37.5 Å². The van der Waals surface area contributed by atoms with Crippen LogP contribution in [0.1, 0.15) is 31.2 Å². The summed E-state index contributed by atoms with van der Waals surface area (Å²) >= 11 is 0. The van der Waals surface area contributed by atoms with E-state index in [2.05, 4.69) is 0 Å². The number of nitrogens with two attached hydrogens (primary N) is 1. The lowest BCUT2D eigenvalue weighted by Crippen LogP contribution is -2.51. The Morgan fingerprint density at radius 3 is 2.50 bits per heavy atom. The van der Waals surface area contributed by atoms with Gasteiger partial charge in [-0.2, -0.15) is 0 Å². The Hall–Kier alpha value is -1.10. The van der Waals surface area contributed by atoms with E-state index in [0.717, 1.165) is 11.3 Å². The molecule has 1 aromatic rings. The SMILES string of the molecule is COc1ccc(C2CC(C)(O)C(O)CC2N)cc1. The fourth-order valence-electron chi connectivity index (χ4n) is 2.62. The van der Waals surface area contributed by atoms with Crippen molar-refractivity contribution in [3.8, 4) is 5.75 Å². The molecule has 0 heterocycles. The van der Waals surface area contributed by atoms with E-state index in [1.807, 2.05) is 24.3 Å². The van der Waals surface area contributed by atoms with Gasteiger partial charge in [0, 0.05) is 12.0 Å². The zero-order valence-corrected chi connectivity index (χ0v) is 10.8. The van der Waals surface area contributed by atoms with Gasteiger partial charge in [0.05, 0.1) is 18.8 Å². The van der Waals surface area contributed by atoms with Gasteiger partial charge in [-0.3, -0.25) is 0 Å². The van der Waals surface area contributed by atoms with E-state index in [-0.39, 0.29) is 12.0 Å². The van der Waals surface area contributed by atoms with E-state index < -0.39 is 11.7 Å². The van der Waals surface area contributed by atoms with Crippen LogP contribution in [-0.4, -0.2) is 35.1 Å². The molecule has 0 saturated heterocycles. The highest BCUT2D eigenvalue weighted by atomic mass is 16.5. The van der Waals surface area contributed by atoms with Crippen LogP contribution in [0.15, 0.2) is 24.3 Å². The first-order valence-electron chi connectivity index (χ1n) is 6.24. The average molecular weight is 251 g/mol. The summed E-state index contributed by atoms with van der Waals surface area (Å²) in [5.74, 6) is 0.865. The van der Waals surface area contributed by atoms with Crippen LogP contribution in [0.3, 0.4) is 0 Å². The Morgan fingerprint density at radius 2 is 1.94 bits per heavy atom. The second-order valence-electron chi connectivity index (χ2n) is 5.36. The standard InChI is InChI=1S/C14H21NO3/c1-14(17)8-11(12(15)7-13(14)16)9-3-5-10(18-2)6-4-9/h3-6,11-13,16-17H,7-8,15H2,1-2H3. The van der Waals surface area contributed by atoms with Crippen LogP contribution in [0.4, 0.5) is 0 Å². The Morgan fingerprint density at radius 1 is 1.33 bits per heavy atom. The number of hydrogen-bond donors (Lipinski definition) is 3. The molecule has 0 spiro atoms. The van der Waals surface area contributed by atoms with Crippen LogP contribution < -0.4 is 10.5 Å². The molecule has 4 atom stereocenters. The van der Waals surface area contributed by atoms with E-state index in [1.54, 1.807) is 14.0 Å². The molecule has 4 N–H and O–H groups in total. The van der Waals surface area contributed by atoms with Gasteiger partial charge in [0.25, 0.3) is 0 Å². The molecule has 0 amide bonds. The highest BCUT2D eigenvalue weighted by molar-refractivity contribution is 5.31. The molecule has 100 valence electrons. The molecule has 4 heteroatoms. The van der Waals surface area contributed by atoms with E-state index in [0.29, 0.717) is 12.8 Å². The van der Waals surface area contributed by atoms with Gasteiger partial charge in [0.1, 0.15) is 5.75 Å². The summed E-state index contributed by atoms with van der Waals surface area (Å²) in [7, 11) is 1.63. The van der Waals surface area contributed by atoms with Gasteiger partial charge in [0.15, 0.2) is 0 Å². The molecule has 4 nitrogen and oxygen atoms in total. The van der Waals surface area contributed by atoms with Crippen LogP contribution in [-0.2, 0) is 0 Å². The molecule has 0 aromatic heterocycles. The van der Waals surface area contributed by atoms with E-state index in [9.17, 15) is 10.2 Å². The number of rotatable bonds is 2. The predicted octanol–water partition coefficient (Wildman–Crippen LogP) is 1.01. The Labute approximate surface area is 107 Å². The van der Waals surface area contributed by atoms with Crippen LogP contribution in [0, 0.1) is 0 Å². The highest BCUT2D eigenvalue weighted by Crippen LogP contribution is 2.38. The Kier molecular flexibility index (Phi) is 3.61. The monoisotopic (exact) mass is 251 g/mol. The number of aliphatic hydroxyl groups is 2. The maximum Gasteiger partial charge on any atom is 0.118 e. The fraction of sp³-hybridized carbons (Fsp3) is 0.571. The summed E-state index contributed by atoms with van der Waals surface area (Å²) in [6, 6.07) is 7.59. The molecule has 1 saturated carbocycles.